The van der Waals surface area contributed by atoms with Crippen molar-refractivity contribution in [2.24, 2.45) is 0 Å². The van der Waals surface area contributed by atoms with E-state index in [9.17, 15) is 5.11 Å². The maximum Gasteiger partial charge on any atom is 0.123 e. The quantitative estimate of drug-likeness (QED) is 0.796. The molecule has 0 aliphatic heterocycles. The molecule has 1 aromatic carbocycles. The lowest BCUT2D eigenvalue weighted by molar-refractivity contribution is 0.475. The van der Waals surface area contributed by atoms with Crippen molar-refractivity contribution in [2.75, 3.05) is 0 Å². The lowest BCUT2D eigenvalue weighted by atomic mass is 10.2. The van der Waals surface area contributed by atoms with Crippen LogP contribution in [0, 0.1) is 0 Å². The summed E-state index contributed by atoms with van der Waals surface area (Å²) in [6.07, 6.45) is 3.57. The Balaban J connectivity index is 2.02. The third-order valence-electron chi connectivity index (χ3n) is 2.71. The molecule has 0 amide bonds. The van der Waals surface area contributed by atoms with E-state index in [2.05, 4.69) is 4.98 Å². The van der Waals surface area contributed by atoms with Gasteiger partial charge in [0.25, 0.3) is 0 Å². The summed E-state index contributed by atoms with van der Waals surface area (Å²) in [5.74, 6) is 0.308. The lowest BCUT2D eigenvalue weighted by Crippen LogP contribution is -1.80. The Labute approximate surface area is 92.2 Å². The Morgan fingerprint density at radius 2 is 1.93 bits per heavy atom. The summed E-state index contributed by atoms with van der Waals surface area (Å²) in [5.41, 5.74) is 2.38. The first-order valence-electron chi connectivity index (χ1n) is 5.11. The van der Waals surface area contributed by atoms with Gasteiger partial charge < -0.3 is 5.11 Å². The van der Waals surface area contributed by atoms with Gasteiger partial charge in [0.15, 0.2) is 0 Å². The Morgan fingerprint density at radius 3 is 2.67 bits per heavy atom. The SMILES string of the molecule is Oc1ccc(-c2nc3c(s2)CCC3)cc1. The summed E-state index contributed by atoms with van der Waals surface area (Å²) in [5, 5.41) is 10.3. The second-order valence-corrected chi connectivity index (χ2v) is 4.87. The molecule has 0 saturated heterocycles. The van der Waals surface area contributed by atoms with Crippen LogP contribution in [0.25, 0.3) is 10.6 Å². The highest BCUT2D eigenvalue weighted by Crippen LogP contribution is 2.33. The van der Waals surface area contributed by atoms with Crippen LogP contribution in [0.1, 0.15) is 17.0 Å². The zero-order valence-corrected chi connectivity index (χ0v) is 9.05. The average molecular weight is 217 g/mol. The van der Waals surface area contributed by atoms with E-state index in [0.717, 1.165) is 17.0 Å². The van der Waals surface area contributed by atoms with Crippen molar-refractivity contribution in [3.05, 3.63) is 34.8 Å². The summed E-state index contributed by atoms with van der Waals surface area (Å²) >= 11 is 1.79. The smallest absolute Gasteiger partial charge is 0.123 e. The molecular formula is C12H11NOS. The van der Waals surface area contributed by atoms with Gasteiger partial charge in [-0.2, -0.15) is 0 Å². The Hall–Kier alpha value is -1.35. The van der Waals surface area contributed by atoms with Crippen LogP contribution >= 0.6 is 11.3 Å². The van der Waals surface area contributed by atoms with Crippen molar-refractivity contribution in [3.63, 3.8) is 0 Å². The number of hydrogen-bond acceptors (Lipinski definition) is 3. The van der Waals surface area contributed by atoms with Gasteiger partial charge in [0.05, 0.1) is 5.69 Å². The van der Waals surface area contributed by atoms with Crippen LogP contribution < -0.4 is 0 Å². The minimum absolute atomic E-state index is 0.308. The molecule has 1 aliphatic rings. The number of aromatic nitrogens is 1. The lowest BCUT2D eigenvalue weighted by Gasteiger charge is -1.96. The van der Waals surface area contributed by atoms with E-state index >= 15 is 0 Å². The number of benzene rings is 1. The maximum atomic E-state index is 9.20. The van der Waals surface area contributed by atoms with Crippen LogP contribution in [0.4, 0.5) is 0 Å². The number of nitrogens with zero attached hydrogens (tertiary/aromatic N) is 1. The molecule has 1 N–H and O–H groups in total. The summed E-state index contributed by atoms with van der Waals surface area (Å²) in [6.45, 7) is 0. The van der Waals surface area contributed by atoms with E-state index < -0.39 is 0 Å². The number of phenols is 1. The average Bonchev–Trinajstić information content (AvgIpc) is 2.78. The Bertz CT molecular complexity index is 465. The fraction of sp³-hybridized carbons (Fsp3) is 0.250. The van der Waals surface area contributed by atoms with Gasteiger partial charge in [0.1, 0.15) is 10.8 Å². The third kappa shape index (κ3) is 1.53. The van der Waals surface area contributed by atoms with Crippen LogP contribution in [0.2, 0.25) is 0 Å². The minimum atomic E-state index is 0.308. The van der Waals surface area contributed by atoms with Crippen molar-refractivity contribution in [1.29, 1.82) is 0 Å². The third-order valence-corrected chi connectivity index (χ3v) is 3.92. The highest BCUT2D eigenvalue weighted by atomic mass is 32.1. The van der Waals surface area contributed by atoms with Gasteiger partial charge in [-0.1, -0.05) is 0 Å². The Morgan fingerprint density at radius 1 is 1.13 bits per heavy atom. The number of phenolic OH excluding ortho intramolecular Hbond substituents is 1. The Kier molecular flexibility index (Phi) is 1.99. The highest BCUT2D eigenvalue weighted by Gasteiger charge is 2.17. The van der Waals surface area contributed by atoms with Crippen LogP contribution in [-0.2, 0) is 12.8 Å². The maximum absolute atomic E-state index is 9.20. The van der Waals surface area contributed by atoms with Crippen molar-refractivity contribution in [2.45, 2.75) is 19.3 Å². The number of fused-ring (bicyclic) bond motifs is 1. The molecule has 0 fully saturated rings. The molecule has 0 radical (unpaired) electrons. The van der Waals surface area contributed by atoms with Crippen LogP contribution in [-0.4, -0.2) is 10.1 Å². The summed E-state index contributed by atoms with van der Waals surface area (Å²) < 4.78 is 0. The standard InChI is InChI=1S/C12H11NOS/c14-9-6-4-8(5-7-9)12-13-10-2-1-3-11(10)15-12/h4-7,14H,1-3H2. The topological polar surface area (TPSA) is 33.1 Å². The molecule has 0 atom stereocenters. The van der Waals surface area contributed by atoms with E-state index in [0.29, 0.717) is 5.75 Å². The fourth-order valence-corrected chi connectivity index (χ4v) is 3.07. The van der Waals surface area contributed by atoms with Crippen LogP contribution in [0.15, 0.2) is 24.3 Å². The first kappa shape index (κ1) is 8.92. The molecule has 0 saturated carbocycles. The fourth-order valence-electron chi connectivity index (χ4n) is 1.92. The number of aromatic hydroxyl groups is 1. The van der Waals surface area contributed by atoms with Gasteiger partial charge in [-0.3, -0.25) is 0 Å². The first-order valence-corrected chi connectivity index (χ1v) is 5.92. The minimum Gasteiger partial charge on any atom is -0.508 e. The molecule has 3 heteroatoms. The van der Waals surface area contributed by atoms with Gasteiger partial charge in [0, 0.05) is 10.4 Å². The van der Waals surface area contributed by atoms with Crippen molar-refractivity contribution in [3.8, 4) is 16.3 Å². The van der Waals surface area contributed by atoms with E-state index in [4.69, 9.17) is 0 Å². The molecule has 3 rings (SSSR count). The summed E-state index contributed by atoms with van der Waals surface area (Å²) in [4.78, 5) is 6.07. The molecule has 2 aromatic rings. The second kappa shape index (κ2) is 3.35. The van der Waals surface area contributed by atoms with Gasteiger partial charge in [-0.05, 0) is 43.5 Å². The normalized spacial score (nSPS) is 14.1. The molecule has 0 bridgehead atoms. The highest BCUT2D eigenvalue weighted by molar-refractivity contribution is 7.15. The van der Waals surface area contributed by atoms with E-state index in [-0.39, 0.29) is 0 Å². The van der Waals surface area contributed by atoms with E-state index in [1.807, 2.05) is 12.1 Å². The predicted octanol–water partition coefficient (Wildman–Crippen LogP) is 3.00. The molecule has 1 heterocycles. The zero-order chi connectivity index (χ0) is 10.3. The molecule has 2 nitrogen and oxygen atoms in total. The monoisotopic (exact) mass is 217 g/mol. The first-order chi connectivity index (χ1) is 7.33. The molecule has 0 unspecified atom stereocenters. The van der Waals surface area contributed by atoms with Crippen LogP contribution in [0.3, 0.4) is 0 Å². The number of rotatable bonds is 1. The van der Waals surface area contributed by atoms with Gasteiger partial charge >= 0.3 is 0 Å². The zero-order valence-electron chi connectivity index (χ0n) is 8.23. The van der Waals surface area contributed by atoms with E-state index in [1.165, 1.54) is 23.4 Å². The molecule has 1 aliphatic carbocycles. The molecular weight excluding hydrogens is 206 g/mol. The van der Waals surface area contributed by atoms with Gasteiger partial charge in [-0.15, -0.1) is 11.3 Å². The second-order valence-electron chi connectivity index (χ2n) is 3.79. The molecule has 15 heavy (non-hydrogen) atoms. The summed E-state index contributed by atoms with van der Waals surface area (Å²) in [7, 11) is 0. The molecule has 76 valence electrons. The van der Waals surface area contributed by atoms with Crippen molar-refractivity contribution < 1.29 is 5.11 Å². The largest absolute Gasteiger partial charge is 0.508 e. The molecule has 1 aromatic heterocycles. The van der Waals surface area contributed by atoms with Crippen molar-refractivity contribution in [1.82, 2.24) is 4.98 Å². The number of hydrogen-bond donors (Lipinski definition) is 1. The number of thiazole rings is 1. The van der Waals surface area contributed by atoms with Crippen LogP contribution in [0.5, 0.6) is 5.75 Å². The predicted molar refractivity (Wildman–Crippen MR) is 61.2 cm³/mol. The van der Waals surface area contributed by atoms with E-state index in [1.54, 1.807) is 23.5 Å². The number of aryl methyl sites for hydroxylation is 2. The van der Waals surface area contributed by atoms with Crippen molar-refractivity contribution >= 4 is 11.3 Å². The summed E-state index contributed by atoms with van der Waals surface area (Å²) in [6, 6.07) is 7.26. The molecule has 0 spiro atoms. The van der Waals surface area contributed by atoms with Gasteiger partial charge in [-0.25, -0.2) is 4.98 Å². The van der Waals surface area contributed by atoms with Gasteiger partial charge in [0.2, 0.25) is 0 Å².